The second kappa shape index (κ2) is 19.3. The largest absolute Gasteiger partial charge is 0.455 e. The smallest absolute Gasteiger partial charge is 0.144 e. The van der Waals surface area contributed by atoms with Crippen LogP contribution in [0.25, 0.3) is 66.8 Å². The Morgan fingerprint density at radius 2 is 1.13 bits per heavy atom. The third kappa shape index (κ3) is 10.8. The number of para-hydroxylation sites is 1. The maximum absolute atomic E-state index is 6.49. The summed E-state index contributed by atoms with van der Waals surface area (Å²) < 4.78 is 6.49. The van der Waals surface area contributed by atoms with Gasteiger partial charge in [-0.05, 0) is 108 Å². The van der Waals surface area contributed by atoms with Crippen LogP contribution in [0.1, 0.15) is 43.0 Å². The number of furan rings is 1. The molecule has 0 unspecified atom stereocenters. The van der Waals surface area contributed by atoms with Crippen LogP contribution in [0.2, 0.25) is 19.6 Å². The molecule has 4 nitrogen and oxygen atoms in total. The van der Waals surface area contributed by atoms with Crippen LogP contribution in [0.4, 0.5) is 0 Å². The van der Waals surface area contributed by atoms with E-state index in [4.69, 9.17) is 4.42 Å². The Balaban J connectivity index is 0.000000178. The molecule has 0 saturated carbocycles. The SMILES string of the molecule is C[Si](C)(C)c1ccc(-c2ccccc2)nc1.Cc1cc(C)c(-c2ccc3c(c2)oc2c(-c4cc(C(C)(C)C)ccn4)cccc23)c(C)c1.[Ir].c1ccc(-c2ccccn2)cc1. The van der Waals surface area contributed by atoms with Crippen molar-refractivity contribution in [2.75, 3.05) is 0 Å². The summed E-state index contributed by atoms with van der Waals surface area (Å²) in [6.07, 6.45) is 5.75. The Kier molecular flexibility index (Phi) is 14.2. The molecule has 309 valence electrons. The van der Waals surface area contributed by atoms with Gasteiger partial charge < -0.3 is 4.42 Å². The van der Waals surface area contributed by atoms with Crippen molar-refractivity contribution in [3.63, 3.8) is 0 Å². The van der Waals surface area contributed by atoms with Gasteiger partial charge in [0.05, 0.1) is 25.2 Å². The molecule has 0 aliphatic rings. The molecule has 5 aromatic carbocycles. The number of aromatic nitrogens is 3. The molecule has 0 aliphatic heterocycles. The molecule has 4 heterocycles. The van der Waals surface area contributed by atoms with Gasteiger partial charge in [0.15, 0.2) is 0 Å². The standard InChI is InChI=1S/C30H29NO.C14H17NSi.C11H9N.Ir/c1-18-14-19(2)28(20(3)15-18)21-10-11-23-24-8-7-9-25(29(24)32-27(23)16-21)26-17-22(12-13-31-26)30(4,5)6;1-16(2,3)13-9-10-14(15-11-13)12-7-5-4-6-8-12;1-2-6-10(7-3-1)11-8-4-5-9-12-11;/h7-17H,1-6H3;4-11H,1-3H3;1-9H;. The van der Waals surface area contributed by atoms with Crippen LogP contribution in [0.3, 0.4) is 0 Å². The van der Waals surface area contributed by atoms with Crippen molar-refractivity contribution in [3.8, 4) is 44.9 Å². The van der Waals surface area contributed by atoms with Crippen LogP contribution in [-0.4, -0.2) is 23.0 Å². The van der Waals surface area contributed by atoms with E-state index in [1.54, 1.807) is 0 Å². The molecule has 0 spiro atoms. The molecular weight excluding hydrogens is 939 g/mol. The Hall–Kier alpha value is -5.78. The van der Waals surface area contributed by atoms with Crippen molar-refractivity contribution in [1.82, 2.24) is 15.0 Å². The van der Waals surface area contributed by atoms with Crippen LogP contribution in [0.5, 0.6) is 0 Å². The third-order valence-corrected chi connectivity index (χ3v) is 12.8. The zero-order valence-electron chi connectivity index (χ0n) is 36.7. The molecule has 0 aliphatic carbocycles. The Morgan fingerprint density at radius 3 is 1.70 bits per heavy atom. The fraction of sp³-hybridized carbons (Fsp3) is 0.182. The summed E-state index contributed by atoms with van der Waals surface area (Å²) in [7, 11) is -1.22. The zero-order chi connectivity index (χ0) is 42.4. The van der Waals surface area contributed by atoms with Crippen LogP contribution in [-0.2, 0) is 25.5 Å². The average Bonchev–Trinajstić information content (AvgIpc) is 3.62. The van der Waals surface area contributed by atoms with Gasteiger partial charge in [0.1, 0.15) is 11.2 Å². The summed E-state index contributed by atoms with van der Waals surface area (Å²) in [5, 5.41) is 3.68. The first-order valence-corrected chi connectivity index (χ1v) is 24.2. The minimum Gasteiger partial charge on any atom is -0.455 e. The number of pyridine rings is 3. The van der Waals surface area contributed by atoms with E-state index in [-0.39, 0.29) is 25.5 Å². The first-order valence-electron chi connectivity index (χ1n) is 20.7. The van der Waals surface area contributed by atoms with Gasteiger partial charge in [-0.3, -0.25) is 15.0 Å². The first-order chi connectivity index (χ1) is 28.8. The maximum atomic E-state index is 6.49. The van der Waals surface area contributed by atoms with E-state index in [1.165, 1.54) is 44.1 Å². The van der Waals surface area contributed by atoms with Gasteiger partial charge in [0.2, 0.25) is 0 Å². The van der Waals surface area contributed by atoms with Gasteiger partial charge in [-0.1, -0.05) is 149 Å². The van der Waals surface area contributed by atoms with Crippen LogP contribution < -0.4 is 5.19 Å². The summed E-state index contributed by atoms with van der Waals surface area (Å²) in [5.41, 5.74) is 15.9. The number of aryl methyl sites for hydroxylation is 3. The molecule has 9 rings (SSSR count). The molecule has 1 radical (unpaired) electrons. The van der Waals surface area contributed by atoms with Crippen molar-refractivity contribution < 1.29 is 24.5 Å². The number of rotatable bonds is 5. The molecule has 0 saturated heterocycles. The van der Waals surface area contributed by atoms with Crippen molar-refractivity contribution in [2.24, 2.45) is 0 Å². The molecule has 0 amide bonds. The molecule has 0 N–H and O–H groups in total. The quantitative estimate of drug-likeness (QED) is 0.161. The van der Waals surface area contributed by atoms with Gasteiger partial charge >= 0.3 is 0 Å². The summed E-state index contributed by atoms with van der Waals surface area (Å²) in [5.74, 6) is 0. The summed E-state index contributed by atoms with van der Waals surface area (Å²) >= 11 is 0. The van der Waals surface area contributed by atoms with Gasteiger partial charge in [-0.2, -0.15) is 0 Å². The fourth-order valence-corrected chi connectivity index (χ4v) is 8.63. The molecule has 0 atom stereocenters. The maximum Gasteiger partial charge on any atom is 0.144 e. The Labute approximate surface area is 376 Å². The van der Waals surface area contributed by atoms with E-state index in [9.17, 15) is 0 Å². The van der Waals surface area contributed by atoms with E-state index in [0.29, 0.717) is 0 Å². The van der Waals surface area contributed by atoms with Gasteiger partial charge in [-0.15, -0.1) is 0 Å². The van der Waals surface area contributed by atoms with E-state index in [1.807, 2.05) is 73.2 Å². The van der Waals surface area contributed by atoms with Crippen molar-refractivity contribution in [3.05, 3.63) is 193 Å². The zero-order valence-corrected chi connectivity index (χ0v) is 40.1. The van der Waals surface area contributed by atoms with Crippen LogP contribution in [0.15, 0.2) is 175 Å². The second-order valence-electron chi connectivity index (χ2n) is 17.6. The number of fused-ring (bicyclic) bond motifs is 3. The minimum atomic E-state index is -1.22. The second-order valence-corrected chi connectivity index (χ2v) is 22.7. The van der Waals surface area contributed by atoms with Crippen molar-refractivity contribution in [2.45, 2.75) is 66.6 Å². The normalized spacial score (nSPS) is 11.2. The third-order valence-electron chi connectivity index (χ3n) is 10.8. The molecule has 9 aromatic rings. The molecule has 61 heavy (non-hydrogen) atoms. The monoisotopic (exact) mass is 994 g/mol. The van der Waals surface area contributed by atoms with Crippen molar-refractivity contribution in [1.29, 1.82) is 0 Å². The molecule has 0 fully saturated rings. The summed E-state index contributed by atoms with van der Waals surface area (Å²) in [6.45, 7) is 20.2. The number of hydrogen-bond donors (Lipinski definition) is 0. The van der Waals surface area contributed by atoms with Crippen LogP contribution >= 0.6 is 0 Å². The van der Waals surface area contributed by atoms with E-state index in [2.05, 4.69) is 173 Å². The van der Waals surface area contributed by atoms with E-state index >= 15 is 0 Å². The molecule has 6 heteroatoms. The number of hydrogen-bond acceptors (Lipinski definition) is 4. The minimum absolute atomic E-state index is 0. The predicted octanol–water partition coefficient (Wildman–Crippen LogP) is 14.6. The van der Waals surface area contributed by atoms with E-state index < -0.39 is 8.07 Å². The molecule has 0 bridgehead atoms. The molecule has 4 aromatic heterocycles. The molecular formula is C55H55IrN3OSi. The van der Waals surface area contributed by atoms with E-state index in [0.717, 1.165) is 50.1 Å². The topological polar surface area (TPSA) is 51.8 Å². The van der Waals surface area contributed by atoms with Gasteiger partial charge in [0, 0.05) is 66.2 Å². The summed E-state index contributed by atoms with van der Waals surface area (Å²) in [6, 6.07) is 52.5. The number of benzene rings is 5. The van der Waals surface area contributed by atoms with Gasteiger partial charge in [-0.25, -0.2) is 0 Å². The Morgan fingerprint density at radius 1 is 0.508 bits per heavy atom. The summed E-state index contributed by atoms with van der Waals surface area (Å²) in [4.78, 5) is 13.5. The Bertz CT molecular complexity index is 2780. The average molecular weight is 994 g/mol. The predicted molar refractivity (Wildman–Crippen MR) is 258 cm³/mol. The van der Waals surface area contributed by atoms with Gasteiger partial charge in [0.25, 0.3) is 0 Å². The van der Waals surface area contributed by atoms with Crippen LogP contribution in [0, 0.1) is 20.8 Å². The number of nitrogens with zero attached hydrogens (tertiary/aromatic N) is 3. The van der Waals surface area contributed by atoms with Crippen molar-refractivity contribution >= 4 is 35.2 Å². The fourth-order valence-electron chi connectivity index (χ4n) is 7.59. The first kappa shape index (κ1) is 44.8.